The predicted molar refractivity (Wildman–Crippen MR) is 129 cm³/mol. The number of hydrogen-bond donors (Lipinski definition) is 0. The molecule has 0 atom stereocenters. The molecule has 2 amide bonds. The number of rotatable bonds is 4. The quantitative estimate of drug-likeness (QED) is 0.553. The van der Waals surface area contributed by atoms with Crippen molar-refractivity contribution in [2.24, 2.45) is 0 Å². The summed E-state index contributed by atoms with van der Waals surface area (Å²) in [4.78, 5) is 30.0. The van der Waals surface area contributed by atoms with E-state index in [1.807, 2.05) is 70.0 Å². The van der Waals surface area contributed by atoms with E-state index in [1.165, 1.54) is 12.8 Å². The van der Waals surface area contributed by atoms with Gasteiger partial charge in [0.1, 0.15) is 6.54 Å². The SMILES string of the molecule is CCN1C(=O)/C(=C/c2cn(CC(=O)N3CCCCCC3)c3ccccc23)c2ccccc21. The zero-order chi connectivity index (χ0) is 22.1. The predicted octanol–water partition coefficient (Wildman–Crippen LogP) is 4.95. The molecule has 5 rings (SSSR count). The summed E-state index contributed by atoms with van der Waals surface area (Å²) in [7, 11) is 0. The molecule has 1 saturated heterocycles. The van der Waals surface area contributed by atoms with Gasteiger partial charge < -0.3 is 14.4 Å². The molecule has 0 N–H and O–H groups in total. The lowest BCUT2D eigenvalue weighted by Crippen LogP contribution is -2.34. The zero-order valence-corrected chi connectivity index (χ0v) is 18.6. The van der Waals surface area contributed by atoms with Gasteiger partial charge in [-0.05, 0) is 38.0 Å². The van der Waals surface area contributed by atoms with Gasteiger partial charge in [0.25, 0.3) is 5.91 Å². The largest absolute Gasteiger partial charge is 0.341 e. The van der Waals surface area contributed by atoms with Gasteiger partial charge in [0.05, 0.1) is 5.69 Å². The van der Waals surface area contributed by atoms with Crippen molar-refractivity contribution in [2.45, 2.75) is 39.2 Å². The Kier molecular flexibility index (Phi) is 5.56. The van der Waals surface area contributed by atoms with Crippen LogP contribution in [0, 0.1) is 0 Å². The number of hydrogen-bond acceptors (Lipinski definition) is 2. The Bertz CT molecular complexity index is 1200. The molecule has 1 aromatic heterocycles. The Balaban J connectivity index is 1.52. The summed E-state index contributed by atoms with van der Waals surface area (Å²) in [6, 6.07) is 16.1. The first-order valence-corrected chi connectivity index (χ1v) is 11.7. The van der Waals surface area contributed by atoms with E-state index < -0.39 is 0 Å². The smallest absolute Gasteiger partial charge is 0.258 e. The summed E-state index contributed by atoms with van der Waals surface area (Å²) >= 11 is 0. The molecule has 164 valence electrons. The minimum absolute atomic E-state index is 0.0335. The van der Waals surface area contributed by atoms with E-state index in [1.54, 1.807) is 0 Å². The standard InChI is InChI=1S/C27H29N3O2/c1-2-30-25-14-8-6-12-22(25)23(27(30)32)17-20-18-29(24-13-7-5-11-21(20)24)19-26(31)28-15-9-3-4-10-16-28/h5-8,11-14,17-18H,2-4,9-10,15-16,19H2,1H3/b23-17+. The molecule has 0 saturated carbocycles. The second-order valence-electron chi connectivity index (χ2n) is 8.65. The Morgan fingerprint density at radius 1 is 0.969 bits per heavy atom. The molecular weight excluding hydrogens is 398 g/mol. The highest BCUT2D eigenvalue weighted by Crippen LogP contribution is 2.38. The highest BCUT2D eigenvalue weighted by molar-refractivity contribution is 6.36. The first-order chi connectivity index (χ1) is 15.7. The number of carbonyl (C=O) groups excluding carboxylic acids is 2. The minimum atomic E-state index is 0.0335. The van der Waals surface area contributed by atoms with Crippen molar-refractivity contribution in [3.05, 3.63) is 65.9 Å². The van der Waals surface area contributed by atoms with Crippen LogP contribution < -0.4 is 4.90 Å². The van der Waals surface area contributed by atoms with E-state index in [-0.39, 0.29) is 11.8 Å². The molecule has 2 aliphatic rings. The average Bonchev–Trinajstić information content (AvgIpc) is 3.12. The van der Waals surface area contributed by atoms with E-state index in [2.05, 4.69) is 12.1 Å². The van der Waals surface area contributed by atoms with Crippen molar-refractivity contribution < 1.29 is 9.59 Å². The number of anilines is 1. The number of amides is 2. The molecule has 32 heavy (non-hydrogen) atoms. The number of likely N-dealkylation sites (tertiary alicyclic amines) is 1. The summed E-state index contributed by atoms with van der Waals surface area (Å²) in [5.74, 6) is 0.206. The van der Waals surface area contributed by atoms with Gasteiger partial charge in [-0.15, -0.1) is 0 Å². The molecule has 3 aromatic rings. The first kappa shape index (κ1) is 20.6. The van der Waals surface area contributed by atoms with Gasteiger partial charge in [0.15, 0.2) is 0 Å². The van der Waals surface area contributed by atoms with E-state index >= 15 is 0 Å². The molecule has 0 bridgehead atoms. The highest BCUT2D eigenvalue weighted by Gasteiger charge is 2.31. The van der Waals surface area contributed by atoms with Crippen LogP contribution in [-0.4, -0.2) is 40.9 Å². The van der Waals surface area contributed by atoms with Gasteiger partial charge in [0.2, 0.25) is 5.91 Å². The van der Waals surface area contributed by atoms with Crippen LogP contribution in [0.5, 0.6) is 0 Å². The maximum Gasteiger partial charge on any atom is 0.258 e. The van der Waals surface area contributed by atoms with Crippen molar-refractivity contribution in [1.82, 2.24) is 9.47 Å². The van der Waals surface area contributed by atoms with Crippen molar-refractivity contribution in [3.63, 3.8) is 0 Å². The van der Waals surface area contributed by atoms with Crippen LogP contribution in [0.4, 0.5) is 5.69 Å². The number of aromatic nitrogens is 1. The molecule has 3 heterocycles. The summed E-state index contributed by atoms with van der Waals surface area (Å²) in [5.41, 5.74) is 4.64. The summed E-state index contributed by atoms with van der Waals surface area (Å²) in [6.07, 6.45) is 8.61. The Hall–Kier alpha value is -3.34. The van der Waals surface area contributed by atoms with Gasteiger partial charge in [-0.2, -0.15) is 0 Å². The lowest BCUT2D eigenvalue weighted by atomic mass is 10.0. The van der Waals surface area contributed by atoms with Gasteiger partial charge in [-0.25, -0.2) is 0 Å². The minimum Gasteiger partial charge on any atom is -0.341 e. The Morgan fingerprint density at radius 3 is 2.47 bits per heavy atom. The van der Waals surface area contributed by atoms with E-state index in [0.717, 1.165) is 53.6 Å². The third-order valence-corrected chi connectivity index (χ3v) is 6.66. The van der Waals surface area contributed by atoms with E-state index in [4.69, 9.17) is 0 Å². The Labute approximate surface area is 188 Å². The molecule has 0 unspecified atom stereocenters. The maximum absolute atomic E-state index is 13.1. The normalized spacial score (nSPS) is 17.8. The fourth-order valence-electron chi connectivity index (χ4n) is 5.00. The maximum atomic E-state index is 13.1. The van der Waals surface area contributed by atoms with E-state index in [0.29, 0.717) is 18.7 Å². The molecule has 5 nitrogen and oxygen atoms in total. The van der Waals surface area contributed by atoms with Crippen molar-refractivity contribution in [1.29, 1.82) is 0 Å². The number of carbonyl (C=O) groups is 2. The van der Waals surface area contributed by atoms with Gasteiger partial charge in [0, 0.05) is 53.4 Å². The average molecular weight is 428 g/mol. The number of benzene rings is 2. The summed E-state index contributed by atoms with van der Waals surface area (Å²) < 4.78 is 2.04. The van der Waals surface area contributed by atoms with Crippen LogP contribution >= 0.6 is 0 Å². The third-order valence-electron chi connectivity index (χ3n) is 6.66. The van der Waals surface area contributed by atoms with Crippen molar-refractivity contribution >= 4 is 40.1 Å². The van der Waals surface area contributed by atoms with E-state index in [9.17, 15) is 9.59 Å². The van der Waals surface area contributed by atoms with Gasteiger partial charge in [-0.1, -0.05) is 49.2 Å². The third kappa shape index (κ3) is 3.62. The number of fused-ring (bicyclic) bond motifs is 2. The molecule has 0 spiro atoms. The van der Waals surface area contributed by atoms with Crippen LogP contribution in [0.25, 0.3) is 22.6 Å². The number of nitrogens with zero attached hydrogens (tertiary/aromatic N) is 3. The molecule has 0 radical (unpaired) electrons. The summed E-state index contributed by atoms with van der Waals surface area (Å²) in [5, 5.41) is 1.06. The van der Waals surface area contributed by atoms with Crippen LogP contribution in [-0.2, 0) is 16.1 Å². The topological polar surface area (TPSA) is 45.6 Å². The lowest BCUT2D eigenvalue weighted by Gasteiger charge is -2.20. The lowest BCUT2D eigenvalue weighted by molar-refractivity contribution is -0.131. The number of para-hydroxylation sites is 2. The fourth-order valence-corrected chi connectivity index (χ4v) is 5.00. The second kappa shape index (κ2) is 8.65. The molecule has 5 heteroatoms. The zero-order valence-electron chi connectivity index (χ0n) is 18.6. The molecule has 2 aliphatic heterocycles. The number of likely N-dealkylation sites (N-methyl/N-ethyl adjacent to an activating group) is 1. The summed E-state index contributed by atoms with van der Waals surface area (Å²) in [6.45, 7) is 4.67. The molecular formula is C27H29N3O2. The van der Waals surface area contributed by atoms with Crippen LogP contribution in [0.1, 0.15) is 43.7 Å². The van der Waals surface area contributed by atoms with Crippen molar-refractivity contribution in [2.75, 3.05) is 24.5 Å². The molecule has 0 aliphatic carbocycles. The van der Waals surface area contributed by atoms with Crippen molar-refractivity contribution in [3.8, 4) is 0 Å². The monoisotopic (exact) mass is 427 g/mol. The highest BCUT2D eigenvalue weighted by atomic mass is 16.2. The molecule has 2 aromatic carbocycles. The van der Waals surface area contributed by atoms with Crippen LogP contribution in [0.15, 0.2) is 54.7 Å². The first-order valence-electron chi connectivity index (χ1n) is 11.7. The Morgan fingerprint density at radius 2 is 1.69 bits per heavy atom. The van der Waals surface area contributed by atoms with Crippen LogP contribution in [0.3, 0.4) is 0 Å². The molecule has 1 fully saturated rings. The van der Waals surface area contributed by atoms with Gasteiger partial charge in [-0.3, -0.25) is 9.59 Å². The van der Waals surface area contributed by atoms with Crippen LogP contribution in [0.2, 0.25) is 0 Å². The van der Waals surface area contributed by atoms with Gasteiger partial charge >= 0.3 is 0 Å². The fraction of sp³-hybridized carbons (Fsp3) is 0.333. The second-order valence-corrected chi connectivity index (χ2v) is 8.65.